The minimum Gasteiger partial charge on any atom is -0.357 e. The minimum atomic E-state index is 0.374. The summed E-state index contributed by atoms with van der Waals surface area (Å²) in [5.74, 6) is 2.23. The number of hydrogen-bond acceptors (Lipinski definition) is 3. The molecule has 106 valence electrons. The molecule has 1 aliphatic rings. The molecule has 0 radical (unpaired) electrons. The van der Waals surface area contributed by atoms with Gasteiger partial charge < -0.3 is 10.6 Å². The SMILES string of the molecule is CCNC(=NCc1ccsc1)NCC1(C)CCCS1. The lowest BCUT2D eigenvalue weighted by Crippen LogP contribution is -2.43. The quantitative estimate of drug-likeness (QED) is 0.648. The Morgan fingerprint density at radius 3 is 3.00 bits per heavy atom. The van der Waals surface area contributed by atoms with Crippen molar-refractivity contribution in [1.82, 2.24) is 10.6 Å². The van der Waals surface area contributed by atoms with Crippen LogP contribution >= 0.6 is 23.1 Å². The molecule has 0 bridgehead atoms. The maximum atomic E-state index is 4.64. The molecule has 2 heterocycles. The Hall–Kier alpha value is -0.680. The fourth-order valence-electron chi connectivity index (χ4n) is 2.14. The Morgan fingerprint density at radius 1 is 1.47 bits per heavy atom. The first-order chi connectivity index (χ1) is 9.22. The molecule has 0 aliphatic carbocycles. The first kappa shape index (κ1) is 14.7. The molecule has 1 atom stereocenters. The molecule has 19 heavy (non-hydrogen) atoms. The Kier molecular flexibility index (Phi) is 5.58. The molecule has 1 unspecified atom stereocenters. The second-order valence-corrected chi connectivity index (χ2v) is 7.54. The monoisotopic (exact) mass is 297 g/mol. The van der Waals surface area contributed by atoms with Crippen LogP contribution in [0.4, 0.5) is 0 Å². The van der Waals surface area contributed by atoms with Gasteiger partial charge in [0.15, 0.2) is 5.96 Å². The van der Waals surface area contributed by atoms with Crippen molar-refractivity contribution < 1.29 is 0 Å². The van der Waals surface area contributed by atoms with Gasteiger partial charge in [-0.2, -0.15) is 23.1 Å². The van der Waals surface area contributed by atoms with E-state index in [2.05, 4.69) is 58.1 Å². The van der Waals surface area contributed by atoms with Crippen molar-refractivity contribution in [2.75, 3.05) is 18.8 Å². The smallest absolute Gasteiger partial charge is 0.191 e. The Labute approximate surface area is 124 Å². The van der Waals surface area contributed by atoms with Crippen molar-refractivity contribution in [3.8, 4) is 0 Å². The maximum Gasteiger partial charge on any atom is 0.191 e. The van der Waals surface area contributed by atoms with Gasteiger partial charge in [-0.1, -0.05) is 0 Å². The van der Waals surface area contributed by atoms with E-state index in [1.54, 1.807) is 11.3 Å². The van der Waals surface area contributed by atoms with E-state index in [1.165, 1.54) is 24.2 Å². The van der Waals surface area contributed by atoms with Gasteiger partial charge in [0.25, 0.3) is 0 Å². The zero-order chi connectivity index (χ0) is 13.6. The van der Waals surface area contributed by atoms with E-state index in [9.17, 15) is 0 Å². The average Bonchev–Trinajstić information content (AvgIpc) is 3.05. The third kappa shape index (κ3) is 4.73. The predicted molar refractivity (Wildman–Crippen MR) is 87.2 cm³/mol. The zero-order valence-corrected chi connectivity index (χ0v) is 13.4. The number of aliphatic imine (C=N–C) groups is 1. The molecule has 2 rings (SSSR count). The highest BCUT2D eigenvalue weighted by atomic mass is 32.2. The van der Waals surface area contributed by atoms with Crippen LogP contribution in [-0.4, -0.2) is 29.5 Å². The van der Waals surface area contributed by atoms with Crippen LogP contribution in [-0.2, 0) is 6.54 Å². The van der Waals surface area contributed by atoms with Crippen LogP contribution in [0.3, 0.4) is 0 Å². The van der Waals surface area contributed by atoms with Gasteiger partial charge in [0.1, 0.15) is 0 Å². The molecule has 1 aromatic rings. The summed E-state index contributed by atoms with van der Waals surface area (Å²) in [6.07, 6.45) is 2.64. The van der Waals surface area contributed by atoms with Gasteiger partial charge in [0.2, 0.25) is 0 Å². The van der Waals surface area contributed by atoms with Crippen LogP contribution in [0.2, 0.25) is 0 Å². The summed E-state index contributed by atoms with van der Waals surface area (Å²) in [4.78, 5) is 4.64. The number of thiophene rings is 1. The van der Waals surface area contributed by atoms with Crippen LogP contribution < -0.4 is 10.6 Å². The molecule has 3 nitrogen and oxygen atoms in total. The van der Waals surface area contributed by atoms with Gasteiger partial charge in [0, 0.05) is 17.8 Å². The third-order valence-electron chi connectivity index (χ3n) is 3.27. The Bertz CT molecular complexity index is 395. The molecule has 1 fully saturated rings. The summed E-state index contributed by atoms with van der Waals surface area (Å²) in [6.45, 7) is 7.10. The molecule has 1 aromatic heterocycles. The summed E-state index contributed by atoms with van der Waals surface area (Å²) in [7, 11) is 0. The zero-order valence-electron chi connectivity index (χ0n) is 11.7. The highest BCUT2D eigenvalue weighted by molar-refractivity contribution is 8.00. The van der Waals surface area contributed by atoms with Gasteiger partial charge in [-0.05, 0) is 54.8 Å². The van der Waals surface area contributed by atoms with E-state index in [4.69, 9.17) is 0 Å². The summed E-state index contributed by atoms with van der Waals surface area (Å²) >= 11 is 3.80. The molecule has 5 heteroatoms. The van der Waals surface area contributed by atoms with Gasteiger partial charge in [-0.3, -0.25) is 0 Å². The fourth-order valence-corrected chi connectivity index (χ4v) is 4.05. The number of hydrogen-bond donors (Lipinski definition) is 2. The van der Waals surface area contributed by atoms with E-state index in [1.807, 2.05) is 0 Å². The van der Waals surface area contributed by atoms with Crippen LogP contribution in [0.1, 0.15) is 32.3 Å². The van der Waals surface area contributed by atoms with E-state index < -0.39 is 0 Å². The lowest BCUT2D eigenvalue weighted by molar-refractivity contribution is 0.584. The van der Waals surface area contributed by atoms with Gasteiger partial charge in [-0.25, -0.2) is 4.99 Å². The summed E-state index contributed by atoms with van der Waals surface area (Å²) in [5.41, 5.74) is 1.28. The molecule has 2 N–H and O–H groups in total. The molecule has 0 saturated carbocycles. The Balaban J connectivity index is 1.86. The van der Waals surface area contributed by atoms with Gasteiger partial charge in [-0.15, -0.1) is 0 Å². The molecule has 1 aliphatic heterocycles. The summed E-state index contributed by atoms with van der Waals surface area (Å²) < 4.78 is 0.374. The van der Waals surface area contributed by atoms with Gasteiger partial charge >= 0.3 is 0 Å². The lowest BCUT2D eigenvalue weighted by Gasteiger charge is -2.24. The predicted octanol–water partition coefficient (Wildman–Crippen LogP) is 3.09. The van der Waals surface area contributed by atoms with Gasteiger partial charge in [0.05, 0.1) is 6.54 Å². The maximum absolute atomic E-state index is 4.64. The van der Waals surface area contributed by atoms with Crippen molar-refractivity contribution in [2.24, 2.45) is 4.99 Å². The van der Waals surface area contributed by atoms with E-state index in [-0.39, 0.29) is 0 Å². The van der Waals surface area contributed by atoms with Crippen molar-refractivity contribution in [2.45, 2.75) is 38.0 Å². The molecule has 1 saturated heterocycles. The number of nitrogens with zero attached hydrogens (tertiary/aromatic N) is 1. The Morgan fingerprint density at radius 2 is 2.37 bits per heavy atom. The molecule has 0 aromatic carbocycles. The summed E-state index contributed by atoms with van der Waals surface area (Å²) in [6, 6.07) is 2.13. The second kappa shape index (κ2) is 7.20. The number of guanidine groups is 1. The average molecular weight is 297 g/mol. The molecule has 0 amide bonds. The number of nitrogens with one attached hydrogen (secondary N) is 2. The molecular weight excluding hydrogens is 274 g/mol. The van der Waals surface area contributed by atoms with Crippen molar-refractivity contribution >= 4 is 29.1 Å². The van der Waals surface area contributed by atoms with Crippen LogP contribution in [0, 0.1) is 0 Å². The topological polar surface area (TPSA) is 36.4 Å². The van der Waals surface area contributed by atoms with Crippen LogP contribution in [0.15, 0.2) is 21.8 Å². The first-order valence-corrected chi connectivity index (χ1v) is 8.82. The van der Waals surface area contributed by atoms with Crippen LogP contribution in [0.25, 0.3) is 0 Å². The van der Waals surface area contributed by atoms with Crippen LogP contribution in [0.5, 0.6) is 0 Å². The van der Waals surface area contributed by atoms with E-state index >= 15 is 0 Å². The van der Waals surface area contributed by atoms with Crippen molar-refractivity contribution in [3.05, 3.63) is 22.4 Å². The van der Waals surface area contributed by atoms with Crippen molar-refractivity contribution in [3.63, 3.8) is 0 Å². The molecule has 0 spiro atoms. The second-order valence-electron chi connectivity index (χ2n) is 5.08. The lowest BCUT2D eigenvalue weighted by atomic mass is 10.1. The standard InChI is InChI=1S/C14H23N3S2/c1-3-15-13(16-9-12-5-8-18-10-12)17-11-14(2)6-4-7-19-14/h5,8,10H,3-4,6-7,9,11H2,1-2H3,(H2,15,16,17). The summed E-state index contributed by atoms with van der Waals surface area (Å²) in [5, 5.41) is 11.1. The van der Waals surface area contributed by atoms with E-state index in [0.717, 1.165) is 25.6 Å². The fraction of sp³-hybridized carbons (Fsp3) is 0.643. The normalized spacial score (nSPS) is 23.6. The molecular formula is C14H23N3S2. The van der Waals surface area contributed by atoms with Crippen molar-refractivity contribution in [1.29, 1.82) is 0 Å². The number of rotatable bonds is 5. The highest BCUT2D eigenvalue weighted by Crippen LogP contribution is 2.36. The minimum absolute atomic E-state index is 0.374. The first-order valence-electron chi connectivity index (χ1n) is 6.89. The largest absolute Gasteiger partial charge is 0.357 e. The van der Waals surface area contributed by atoms with E-state index in [0.29, 0.717) is 4.75 Å². The highest BCUT2D eigenvalue weighted by Gasteiger charge is 2.29. The number of thioether (sulfide) groups is 1. The third-order valence-corrected chi connectivity index (χ3v) is 5.54.